The van der Waals surface area contributed by atoms with Crippen molar-refractivity contribution < 1.29 is 4.79 Å². The fourth-order valence-corrected chi connectivity index (χ4v) is 3.42. The highest BCUT2D eigenvalue weighted by atomic mass is 35.5. The molecule has 3 nitrogen and oxygen atoms in total. The van der Waals surface area contributed by atoms with Gasteiger partial charge in [0.2, 0.25) is 5.91 Å². The molecule has 1 amide bonds. The van der Waals surface area contributed by atoms with Gasteiger partial charge in [0.15, 0.2) is 0 Å². The summed E-state index contributed by atoms with van der Waals surface area (Å²) in [6.45, 7) is 3.00. The summed E-state index contributed by atoms with van der Waals surface area (Å²) in [7, 11) is 0. The Morgan fingerprint density at radius 3 is 2.76 bits per heavy atom. The van der Waals surface area contributed by atoms with Crippen LogP contribution in [0.4, 0.5) is 0 Å². The Morgan fingerprint density at radius 2 is 2.05 bits per heavy atom. The molecular weight excluding hydrogens is 284 g/mol. The van der Waals surface area contributed by atoms with E-state index >= 15 is 0 Å². The molecule has 1 saturated heterocycles. The molecule has 3 rings (SSSR count). The molecule has 2 N–H and O–H groups in total. The van der Waals surface area contributed by atoms with E-state index in [1.807, 2.05) is 6.92 Å². The van der Waals surface area contributed by atoms with Gasteiger partial charge in [-0.1, -0.05) is 24.3 Å². The van der Waals surface area contributed by atoms with E-state index in [0.29, 0.717) is 0 Å². The number of aryl methyl sites for hydroxylation is 1. The van der Waals surface area contributed by atoms with E-state index in [4.69, 9.17) is 0 Å². The molecule has 1 heterocycles. The minimum Gasteiger partial charge on any atom is -0.351 e. The van der Waals surface area contributed by atoms with Crippen LogP contribution in [0.25, 0.3) is 0 Å². The number of fused-ring (bicyclic) bond motifs is 1. The summed E-state index contributed by atoms with van der Waals surface area (Å²) in [4.78, 5) is 12.5. The molecular formula is C17H25ClN2O. The summed E-state index contributed by atoms with van der Waals surface area (Å²) < 4.78 is 0. The first kappa shape index (κ1) is 16.3. The second-order valence-electron chi connectivity index (χ2n) is 6.40. The zero-order chi connectivity index (χ0) is 14.0. The number of carbonyl (C=O) groups is 1. The lowest BCUT2D eigenvalue weighted by Crippen LogP contribution is -2.59. The van der Waals surface area contributed by atoms with Crippen LogP contribution in [0.2, 0.25) is 0 Å². The summed E-state index contributed by atoms with van der Waals surface area (Å²) in [5.74, 6) is 0.182. The Kier molecular flexibility index (Phi) is 5.28. The Bertz CT molecular complexity index is 497. The van der Waals surface area contributed by atoms with Crippen molar-refractivity contribution in [1.82, 2.24) is 10.6 Å². The van der Waals surface area contributed by atoms with Gasteiger partial charge in [-0.05, 0) is 63.1 Å². The van der Waals surface area contributed by atoms with E-state index in [0.717, 1.165) is 38.6 Å². The van der Waals surface area contributed by atoms with Gasteiger partial charge < -0.3 is 10.6 Å². The Hall–Kier alpha value is -1.06. The molecule has 4 heteroatoms. The van der Waals surface area contributed by atoms with Crippen molar-refractivity contribution in [2.45, 2.75) is 57.0 Å². The second kappa shape index (κ2) is 6.80. The topological polar surface area (TPSA) is 41.1 Å². The van der Waals surface area contributed by atoms with Gasteiger partial charge in [-0.3, -0.25) is 4.79 Å². The summed E-state index contributed by atoms with van der Waals surface area (Å²) in [5.41, 5.74) is 2.47. The average molecular weight is 309 g/mol. The number of rotatable bonds is 2. The molecule has 2 unspecified atom stereocenters. The summed E-state index contributed by atoms with van der Waals surface area (Å²) in [5, 5.41) is 6.66. The first-order valence-electron chi connectivity index (χ1n) is 7.80. The molecule has 1 fully saturated rings. The molecule has 2 aliphatic rings. The van der Waals surface area contributed by atoms with E-state index < -0.39 is 0 Å². The molecule has 1 aliphatic carbocycles. The molecule has 1 aromatic rings. The number of nitrogens with one attached hydrogen (secondary N) is 2. The van der Waals surface area contributed by atoms with Crippen molar-refractivity contribution in [3.05, 3.63) is 35.4 Å². The largest absolute Gasteiger partial charge is 0.351 e. The zero-order valence-corrected chi connectivity index (χ0v) is 13.5. The number of carbonyl (C=O) groups excluding carboxylic acids is 1. The van der Waals surface area contributed by atoms with Gasteiger partial charge in [0.05, 0.1) is 5.54 Å². The summed E-state index contributed by atoms with van der Waals surface area (Å²) >= 11 is 0. The molecule has 0 bridgehead atoms. The normalized spacial score (nSPS) is 28.1. The second-order valence-corrected chi connectivity index (χ2v) is 6.40. The van der Waals surface area contributed by atoms with E-state index in [1.165, 1.54) is 17.5 Å². The van der Waals surface area contributed by atoms with Gasteiger partial charge in [0, 0.05) is 6.04 Å². The predicted molar refractivity (Wildman–Crippen MR) is 87.9 cm³/mol. The van der Waals surface area contributed by atoms with Crippen molar-refractivity contribution in [3.63, 3.8) is 0 Å². The Labute approximate surface area is 133 Å². The fourth-order valence-electron chi connectivity index (χ4n) is 3.42. The molecule has 116 valence electrons. The SMILES string of the molecule is CC1(C(=O)NC2CCc3ccccc3C2)CCCCN1.Cl. The maximum absolute atomic E-state index is 12.5. The lowest BCUT2D eigenvalue weighted by molar-refractivity contribution is -0.128. The van der Waals surface area contributed by atoms with E-state index in [9.17, 15) is 4.79 Å². The molecule has 1 aliphatic heterocycles. The number of hydrogen-bond donors (Lipinski definition) is 2. The highest BCUT2D eigenvalue weighted by Crippen LogP contribution is 2.23. The Morgan fingerprint density at radius 1 is 1.29 bits per heavy atom. The maximum atomic E-state index is 12.5. The van der Waals surface area contributed by atoms with Crippen molar-refractivity contribution >= 4 is 18.3 Å². The highest BCUT2D eigenvalue weighted by Gasteiger charge is 2.35. The van der Waals surface area contributed by atoms with Crippen LogP contribution in [0.15, 0.2) is 24.3 Å². The van der Waals surface area contributed by atoms with Crippen LogP contribution in [-0.2, 0) is 17.6 Å². The van der Waals surface area contributed by atoms with Crippen LogP contribution < -0.4 is 10.6 Å². The third-order valence-corrected chi connectivity index (χ3v) is 4.80. The van der Waals surface area contributed by atoms with Crippen molar-refractivity contribution in [3.8, 4) is 0 Å². The van der Waals surface area contributed by atoms with Gasteiger partial charge in [-0.25, -0.2) is 0 Å². The third kappa shape index (κ3) is 3.58. The quantitative estimate of drug-likeness (QED) is 0.882. The third-order valence-electron chi connectivity index (χ3n) is 4.80. The van der Waals surface area contributed by atoms with Crippen molar-refractivity contribution in [1.29, 1.82) is 0 Å². The minimum absolute atomic E-state index is 0. The molecule has 0 radical (unpaired) electrons. The molecule has 21 heavy (non-hydrogen) atoms. The van der Waals surface area contributed by atoms with Crippen LogP contribution in [-0.4, -0.2) is 24.0 Å². The van der Waals surface area contributed by atoms with Crippen LogP contribution in [0.3, 0.4) is 0 Å². The first-order valence-corrected chi connectivity index (χ1v) is 7.80. The predicted octanol–water partition coefficient (Wildman–Crippen LogP) is 2.61. The standard InChI is InChI=1S/C17H24N2O.ClH/c1-17(10-4-5-11-18-17)16(20)19-15-9-8-13-6-2-3-7-14(13)12-15;/h2-3,6-7,15,18H,4-5,8-12H2,1H3,(H,19,20);1H. The fraction of sp³-hybridized carbons (Fsp3) is 0.588. The number of amides is 1. The van der Waals surface area contributed by atoms with Crippen LogP contribution in [0.1, 0.15) is 43.7 Å². The Balaban J connectivity index is 0.00000161. The molecule has 2 atom stereocenters. The lowest BCUT2D eigenvalue weighted by Gasteiger charge is -2.36. The number of benzene rings is 1. The van der Waals surface area contributed by atoms with Gasteiger partial charge in [0.25, 0.3) is 0 Å². The lowest BCUT2D eigenvalue weighted by atomic mass is 9.86. The molecule has 1 aromatic carbocycles. The maximum Gasteiger partial charge on any atom is 0.240 e. The number of halogens is 1. The van der Waals surface area contributed by atoms with Gasteiger partial charge in [0.1, 0.15) is 0 Å². The van der Waals surface area contributed by atoms with Gasteiger partial charge in [-0.2, -0.15) is 0 Å². The van der Waals surface area contributed by atoms with Gasteiger partial charge in [-0.15, -0.1) is 12.4 Å². The molecule has 0 spiro atoms. The minimum atomic E-state index is -0.366. The van der Waals surface area contributed by atoms with Crippen LogP contribution in [0.5, 0.6) is 0 Å². The van der Waals surface area contributed by atoms with Gasteiger partial charge >= 0.3 is 0 Å². The van der Waals surface area contributed by atoms with Crippen molar-refractivity contribution in [2.24, 2.45) is 0 Å². The van der Waals surface area contributed by atoms with E-state index in [1.54, 1.807) is 0 Å². The summed E-state index contributed by atoms with van der Waals surface area (Å²) in [6, 6.07) is 8.88. The van der Waals surface area contributed by atoms with E-state index in [2.05, 4.69) is 34.9 Å². The monoisotopic (exact) mass is 308 g/mol. The zero-order valence-electron chi connectivity index (χ0n) is 12.7. The van der Waals surface area contributed by atoms with Crippen molar-refractivity contribution in [2.75, 3.05) is 6.54 Å². The van der Waals surface area contributed by atoms with E-state index in [-0.39, 0.29) is 29.9 Å². The smallest absolute Gasteiger partial charge is 0.240 e. The van der Waals surface area contributed by atoms with Crippen LogP contribution >= 0.6 is 12.4 Å². The number of hydrogen-bond acceptors (Lipinski definition) is 2. The average Bonchev–Trinajstić information content (AvgIpc) is 2.48. The highest BCUT2D eigenvalue weighted by molar-refractivity contribution is 5.86. The number of piperidine rings is 1. The first-order chi connectivity index (χ1) is 9.67. The summed E-state index contributed by atoms with van der Waals surface area (Å²) in [6.07, 6.45) is 6.37. The van der Waals surface area contributed by atoms with Crippen LogP contribution in [0, 0.1) is 0 Å². The molecule has 0 saturated carbocycles. The molecule has 0 aromatic heterocycles.